The number of anilines is 2. The first-order valence-corrected chi connectivity index (χ1v) is 30.2. The lowest BCUT2D eigenvalue weighted by atomic mass is 10.1. The summed E-state index contributed by atoms with van der Waals surface area (Å²) in [7, 11) is -2.22. The van der Waals surface area contributed by atoms with Crippen LogP contribution in [0, 0.1) is 0 Å². The van der Waals surface area contributed by atoms with Gasteiger partial charge in [0.2, 0.25) is 0 Å². The molecule has 0 aromatic carbocycles. The molecule has 23 heteroatoms. The van der Waals surface area contributed by atoms with Crippen LogP contribution in [0.25, 0.3) is 22.1 Å². The quantitative estimate of drug-likeness (QED) is 0.0513. The van der Waals surface area contributed by atoms with E-state index in [2.05, 4.69) is 108 Å². The fraction of sp³-hybridized carbons (Fsp3) is 0.543. The van der Waals surface area contributed by atoms with Crippen molar-refractivity contribution < 1.29 is 40.6 Å². The highest BCUT2D eigenvalue weighted by atomic mass is 28.3. The summed E-state index contributed by atoms with van der Waals surface area (Å²) in [6.07, 6.45) is 2.23. The zero-order valence-electron chi connectivity index (χ0n) is 39.7. The van der Waals surface area contributed by atoms with E-state index in [1.807, 2.05) is 29.1 Å². The van der Waals surface area contributed by atoms with E-state index in [9.17, 15) is 31.1 Å². The van der Waals surface area contributed by atoms with Crippen LogP contribution in [-0.4, -0.2) is 113 Å². The molecule has 1 amide bonds. The molecule has 6 aromatic heterocycles. The second-order valence-corrected chi connectivity index (χ2v) is 30.6. The summed E-state index contributed by atoms with van der Waals surface area (Å²) >= 11 is 0. The molecule has 0 spiro atoms. The first-order valence-electron chi connectivity index (χ1n) is 22.8. The number of aromatic nitrogens is 8. The third-order valence-corrected chi connectivity index (χ3v) is 14.9. The monoisotopic (exact) mass is 1010 g/mol. The largest absolute Gasteiger partial charge is 0.390 e. The maximum atomic E-state index is 12.5. The van der Waals surface area contributed by atoms with Crippen molar-refractivity contribution in [3.05, 3.63) is 84.2 Å². The number of nitrogens with zero attached hydrogens (tertiary/aromatic N) is 9. The predicted octanol–water partition coefficient (Wildman–Crippen LogP) is 9.79. The number of amides is 1. The standard InChI is InChI=1S/C23H31F3N6O2Si.C19H27N5OSi.C3H6F3N.CH4/c1-35(2,3)13-12-34-16-31-10-6-18-20(28-15-29-21(18)31)30-9-4-17-5-11-32(19(17)14-30)22(33)27-8-7-23(24,25)26;1-26(2,3)11-10-25-14-24-9-6-16-18(21-13-22-19(16)24)23-8-5-15-4-7-20-17(15)12-23;4-3(5,6)1-2-7;/h5-6,10-11,15H,4,7-9,12-14,16H2,1-3H3,(H,27,33);4,6-7,9,13,20H,5,8,10-12,14H2,1-3H3;1-2,7H2;1H4. The smallest absolute Gasteiger partial charge is 0.363 e. The molecule has 8 rings (SSSR count). The normalized spacial score (nSPS) is 14.1. The van der Waals surface area contributed by atoms with Crippen molar-refractivity contribution in [1.82, 2.24) is 43.9 Å². The minimum atomic E-state index is -4.31. The van der Waals surface area contributed by atoms with Gasteiger partial charge in [-0.15, -0.1) is 0 Å². The zero-order valence-corrected chi connectivity index (χ0v) is 41.7. The fourth-order valence-corrected chi connectivity index (χ4v) is 9.17. The van der Waals surface area contributed by atoms with Crippen molar-refractivity contribution in [2.75, 3.05) is 49.2 Å². The van der Waals surface area contributed by atoms with E-state index in [4.69, 9.17) is 9.47 Å². The van der Waals surface area contributed by atoms with Gasteiger partial charge in [0.25, 0.3) is 0 Å². The molecule has 380 valence electrons. The summed E-state index contributed by atoms with van der Waals surface area (Å²) in [6, 6.07) is 9.80. The van der Waals surface area contributed by atoms with Crippen LogP contribution in [0.3, 0.4) is 0 Å². The van der Waals surface area contributed by atoms with Crippen molar-refractivity contribution in [2.24, 2.45) is 5.73 Å². The number of hydrogen-bond donors (Lipinski definition) is 3. The number of alkyl halides is 6. The van der Waals surface area contributed by atoms with E-state index in [1.165, 1.54) is 28.2 Å². The Morgan fingerprint density at radius 1 is 0.725 bits per heavy atom. The average molecular weight is 1010 g/mol. The molecule has 2 aliphatic heterocycles. The molecule has 0 fully saturated rings. The Bertz CT molecular complexity index is 2560. The molecule has 0 saturated carbocycles. The summed E-state index contributed by atoms with van der Waals surface area (Å²) in [5, 5.41) is 4.34. The Hall–Kier alpha value is -5.24. The number of nitrogens with one attached hydrogen (secondary N) is 2. The number of nitrogens with two attached hydrogens (primary N) is 1. The third kappa shape index (κ3) is 15.9. The molecule has 0 aliphatic carbocycles. The molecule has 0 saturated heterocycles. The van der Waals surface area contributed by atoms with Crippen molar-refractivity contribution in [3.8, 4) is 0 Å². The molecular formula is C46H68F6N12O3Si2. The lowest BCUT2D eigenvalue weighted by Gasteiger charge is -2.29. The average Bonchev–Trinajstić information content (AvgIpc) is 4.08. The van der Waals surface area contributed by atoms with E-state index < -0.39 is 53.9 Å². The van der Waals surface area contributed by atoms with E-state index in [0.29, 0.717) is 39.6 Å². The summed E-state index contributed by atoms with van der Waals surface area (Å²) in [5.74, 6) is 1.77. The number of fused-ring (bicyclic) bond motifs is 4. The summed E-state index contributed by atoms with van der Waals surface area (Å²) < 4.78 is 87.5. The number of hydrogen-bond acceptors (Lipinski definition) is 10. The number of carbonyl (C=O) groups is 1. The fourth-order valence-electron chi connectivity index (χ4n) is 7.66. The molecule has 4 N–H and O–H groups in total. The topological polar surface area (TPSA) is 162 Å². The van der Waals surface area contributed by atoms with Crippen molar-refractivity contribution >= 4 is 55.9 Å². The molecule has 0 radical (unpaired) electrons. The van der Waals surface area contributed by atoms with Crippen molar-refractivity contribution in [2.45, 2.75) is 123 Å². The predicted molar refractivity (Wildman–Crippen MR) is 264 cm³/mol. The Morgan fingerprint density at radius 2 is 1.25 bits per heavy atom. The third-order valence-electron chi connectivity index (χ3n) is 11.5. The first-order chi connectivity index (χ1) is 32.1. The summed E-state index contributed by atoms with van der Waals surface area (Å²) in [6.45, 7) is 18.7. The van der Waals surface area contributed by atoms with Gasteiger partial charge in [0.15, 0.2) is 0 Å². The molecule has 15 nitrogen and oxygen atoms in total. The van der Waals surface area contributed by atoms with Gasteiger partial charge in [0.1, 0.15) is 49.0 Å². The number of H-pyrrole nitrogens is 1. The number of ether oxygens (including phenoxy) is 2. The van der Waals surface area contributed by atoms with Crippen LogP contribution < -0.4 is 20.9 Å². The Labute approximate surface area is 401 Å². The van der Waals surface area contributed by atoms with Crippen LogP contribution in [-0.2, 0) is 48.9 Å². The maximum absolute atomic E-state index is 12.5. The minimum Gasteiger partial charge on any atom is -0.363 e. The van der Waals surface area contributed by atoms with Crippen LogP contribution in [0.2, 0.25) is 51.4 Å². The first kappa shape index (κ1) is 54.7. The molecule has 2 aliphatic rings. The van der Waals surface area contributed by atoms with Crippen molar-refractivity contribution in [3.63, 3.8) is 0 Å². The van der Waals surface area contributed by atoms with Crippen LogP contribution in [0.4, 0.5) is 42.8 Å². The highest BCUT2D eigenvalue weighted by Crippen LogP contribution is 2.31. The lowest BCUT2D eigenvalue weighted by Crippen LogP contribution is -2.36. The minimum absolute atomic E-state index is 0. The van der Waals surface area contributed by atoms with Crippen LogP contribution in [0.1, 0.15) is 42.8 Å². The molecule has 6 aromatic rings. The Kier molecular flexibility index (Phi) is 18.7. The van der Waals surface area contributed by atoms with Crippen LogP contribution >= 0.6 is 0 Å². The lowest BCUT2D eigenvalue weighted by molar-refractivity contribution is -0.133. The van der Waals surface area contributed by atoms with Crippen LogP contribution in [0.15, 0.2) is 61.7 Å². The zero-order chi connectivity index (χ0) is 49.3. The maximum Gasteiger partial charge on any atom is 0.390 e. The van der Waals surface area contributed by atoms with Gasteiger partial charge in [-0.1, -0.05) is 46.7 Å². The van der Waals surface area contributed by atoms with Gasteiger partial charge >= 0.3 is 18.4 Å². The van der Waals surface area contributed by atoms with Gasteiger partial charge in [-0.25, -0.2) is 24.7 Å². The molecule has 8 heterocycles. The molecule has 69 heavy (non-hydrogen) atoms. The molecule has 0 unspecified atom stereocenters. The number of aromatic amines is 1. The second kappa shape index (κ2) is 23.6. The SMILES string of the molecule is C.C[Si](C)(C)CCOCn1ccc2c(N3CCc4cc[nH]c4C3)ncnc21.C[Si](C)(C)CCOCn1ccc2c(N3CCc4ccn(C(=O)NCCC(F)(F)F)c4C3)ncnc21.NCCC(F)(F)F. The summed E-state index contributed by atoms with van der Waals surface area (Å²) in [5.41, 5.74) is 10.8. The van der Waals surface area contributed by atoms with E-state index in [-0.39, 0.29) is 14.0 Å². The molecule has 0 atom stereocenters. The van der Waals surface area contributed by atoms with E-state index in [0.717, 1.165) is 77.1 Å². The highest BCUT2D eigenvalue weighted by molar-refractivity contribution is 6.76. The van der Waals surface area contributed by atoms with Gasteiger partial charge in [0.05, 0.1) is 36.7 Å². The van der Waals surface area contributed by atoms with Gasteiger partial charge in [0, 0.05) is 91.7 Å². The van der Waals surface area contributed by atoms with Crippen molar-refractivity contribution in [1.29, 1.82) is 0 Å². The van der Waals surface area contributed by atoms with Gasteiger partial charge in [-0.2, -0.15) is 26.3 Å². The Morgan fingerprint density at radius 3 is 1.74 bits per heavy atom. The van der Waals surface area contributed by atoms with E-state index in [1.54, 1.807) is 12.5 Å². The highest BCUT2D eigenvalue weighted by Gasteiger charge is 2.29. The number of rotatable bonds is 15. The van der Waals surface area contributed by atoms with Gasteiger partial charge in [-0.05, 0) is 60.3 Å². The number of carbonyl (C=O) groups excluding carboxylic acids is 1. The van der Waals surface area contributed by atoms with E-state index >= 15 is 0 Å². The molecule has 0 bridgehead atoms. The second-order valence-electron chi connectivity index (χ2n) is 19.4. The Balaban J connectivity index is 0.000000230. The van der Waals surface area contributed by atoms with Gasteiger partial charge in [-0.3, -0.25) is 4.57 Å². The summed E-state index contributed by atoms with van der Waals surface area (Å²) in [4.78, 5) is 38.3. The number of halogens is 6. The van der Waals surface area contributed by atoms with Gasteiger partial charge < -0.3 is 44.4 Å². The van der Waals surface area contributed by atoms with Crippen LogP contribution in [0.5, 0.6) is 0 Å². The molecular weight excluding hydrogens is 939 g/mol.